The molecule has 60 valence electrons. The zero-order valence-corrected chi connectivity index (χ0v) is 6.93. The molecule has 0 amide bonds. The zero-order valence-electron chi connectivity index (χ0n) is 6.93. The van der Waals surface area contributed by atoms with Crippen LogP contribution in [0, 0.1) is 5.92 Å². The minimum absolute atomic E-state index is 0.432. The molecule has 0 aromatic rings. The quantitative estimate of drug-likeness (QED) is 0.609. The van der Waals surface area contributed by atoms with Gasteiger partial charge in [-0.15, -0.1) is 0 Å². The molecule has 0 aliphatic carbocycles. The van der Waals surface area contributed by atoms with E-state index in [0.29, 0.717) is 12.1 Å². The molecular formula is C8H18N2. The van der Waals surface area contributed by atoms with Crippen LogP contribution >= 0.6 is 0 Å². The van der Waals surface area contributed by atoms with Crippen LogP contribution in [0.4, 0.5) is 0 Å². The minimum atomic E-state index is 0.432. The van der Waals surface area contributed by atoms with Gasteiger partial charge in [0, 0.05) is 24.5 Å². The molecule has 2 heteroatoms. The van der Waals surface area contributed by atoms with E-state index in [-0.39, 0.29) is 0 Å². The van der Waals surface area contributed by atoms with E-state index in [0.717, 1.165) is 12.5 Å². The second-order valence-electron chi connectivity index (χ2n) is 3.31. The second-order valence-corrected chi connectivity index (χ2v) is 3.31. The molecule has 0 saturated carbocycles. The lowest BCUT2D eigenvalue weighted by Gasteiger charge is -2.39. The average Bonchev–Trinajstić information content (AvgIpc) is 1.85. The number of hydrogen-bond donors (Lipinski definition) is 2. The van der Waals surface area contributed by atoms with Gasteiger partial charge >= 0.3 is 0 Å². The Hall–Kier alpha value is -0.0800. The van der Waals surface area contributed by atoms with Gasteiger partial charge in [0.25, 0.3) is 0 Å². The van der Waals surface area contributed by atoms with Gasteiger partial charge in [-0.05, 0) is 13.3 Å². The summed E-state index contributed by atoms with van der Waals surface area (Å²) in [5, 5.41) is 3.32. The van der Waals surface area contributed by atoms with Gasteiger partial charge in [-0.1, -0.05) is 13.3 Å². The van der Waals surface area contributed by atoms with Crippen LogP contribution in [0.25, 0.3) is 0 Å². The van der Waals surface area contributed by atoms with Crippen LogP contribution in [-0.2, 0) is 0 Å². The van der Waals surface area contributed by atoms with E-state index >= 15 is 0 Å². The number of nitrogens with one attached hydrogen (secondary N) is 1. The summed E-state index contributed by atoms with van der Waals surface area (Å²) < 4.78 is 0. The van der Waals surface area contributed by atoms with Crippen LogP contribution in [0.1, 0.15) is 26.7 Å². The first-order valence-electron chi connectivity index (χ1n) is 4.24. The van der Waals surface area contributed by atoms with Crippen LogP contribution in [-0.4, -0.2) is 18.6 Å². The summed E-state index contributed by atoms with van der Waals surface area (Å²) in [7, 11) is 0. The third kappa shape index (κ3) is 1.50. The third-order valence-electron chi connectivity index (χ3n) is 2.49. The molecular weight excluding hydrogens is 124 g/mol. The molecule has 0 aromatic heterocycles. The van der Waals surface area contributed by atoms with Crippen molar-refractivity contribution in [1.29, 1.82) is 0 Å². The first kappa shape index (κ1) is 8.02. The maximum Gasteiger partial charge on any atom is 0.00940 e. The molecule has 0 radical (unpaired) electrons. The molecule has 1 saturated heterocycles. The molecule has 3 atom stereocenters. The fraction of sp³-hybridized carbons (Fsp3) is 1.00. The molecule has 1 fully saturated rings. The van der Waals surface area contributed by atoms with Crippen molar-refractivity contribution in [2.75, 3.05) is 6.54 Å². The summed E-state index contributed by atoms with van der Waals surface area (Å²) >= 11 is 0. The highest BCUT2D eigenvalue weighted by atomic mass is 15.0. The highest BCUT2D eigenvalue weighted by Crippen LogP contribution is 2.18. The molecule has 10 heavy (non-hydrogen) atoms. The average molecular weight is 142 g/mol. The Morgan fingerprint density at radius 2 is 2.40 bits per heavy atom. The van der Waals surface area contributed by atoms with Crippen molar-refractivity contribution >= 4 is 0 Å². The predicted octanol–water partition coefficient (Wildman–Crippen LogP) is 0.722. The molecule has 3 unspecified atom stereocenters. The molecule has 1 rings (SSSR count). The number of rotatable bonds is 3. The molecule has 1 aliphatic rings. The van der Waals surface area contributed by atoms with E-state index in [1.807, 2.05) is 0 Å². The van der Waals surface area contributed by atoms with E-state index in [4.69, 9.17) is 5.73 Å². The van der Waals surface area contributed by atoms with Crippen molar-refractivity contribution in [1.82, 2.24) is 5.32 Å². The molecule has 3 N–H and O–H groups in total. The van der Waals surface area contributed by atoms with Gasteiger partial charge in [0.05, 0.1) is 0 Å². The van der Waals surface area contributed by atoms with Crippen molar-refractivity contribution in [3.63, 3.8) is 0 Å². The number of hydrogen-bond acceptors (Lipinski definition) is 2. The summed E-state index contributed by atoms with van der Waals surface area (Å²) in [5.41, 5.74) is 5.94. The second kappa shape index (κ2) is 3.35. The van der Waals surface area contributed by atoms with Crippen molar-refractivity contribution in [2.45, 2.75) is 38.8 Å². The minimum Gasteiger partial charge on any atom is -0.327 e. The van der Waals surface area contributed by atoms with Gasteiger partial charge in [-0.3, -0.25) is 0 Å². The summed E-state index contributed by atoms with van der Waals surface area (Å²) in [5.74, 6) is 0.736. The third-order valence-corrected chi connectivity index (χ3v) is 2.49. The SMILES string of the molecule is CCCC(N)C1CNC1C. The van der Waals surface area contributed by atoms with Crippen LogP contribution in [0.2, 0.25) is 0 Å². The van der Waals surface area contributed by atoms with Crippen molar-refractivity contribution in [3.8, 4) is 0 Å². The Labute approximate surface area is 63.2 Å². The van der Waals surface area contributed by atoms with Crippen LogP contribution in [0.3, 0.4) is 0 Å². The smallest absolute Gasteiger partial charge is 0.00940 e. The van der Waals surface area contributed by atoms with Crippen LogP contribution in [0.5, 0.6) is 0 Å². The van der Waals surface area contributed by atoms with E-state index in [9.17, 15) is 0 Å². The topological polar surface area (TPSA) is 38.0 Å². The Morgan fingerprint density at radius 3 is 2.70 bits per heavy atom. The van der Waals surface area contributed by atoms with Gasteiger partial charge in [0.1, 0.15) is 0 Å². The molecule has 0 bridgehead atoms. The Balaban J connectivity index is 2.20. The maximum atomic E-state index is 5.94. The Morgan fingerprint density at radius 1 is 1.70 bits per heavy atom. The molecule has 1 heterocycles. The van der Waals surface area contributed by atoms with Crippen molar-refractivity contribution in [2.24, 2.45) is 11.7 Å². The van der Waals surface area contributed by atoms with Gasteiger partial charge in [0.15, 0.2) is 0 Å². The standard InChI is InChI=1S/C8H18N2/c1-3-4-8(9)7-5-10-6(7)2/h6-8,10H,3-5,9H2,1-2H3. The maximum absolute atomic E-state index is 5.94. The van der Waals surface area contributed by atoms with Gasteiger partial charge < -0.3 is 11.1 Å². The van der Waals surface area contributed by atoms with Crippen molar-refractivity contribution < 1.29 is 0 Å². The van der Waals surface area contributed by atoms with Crippen LogP contribution < -0.4 is 11.1 Å². The van der Waals surface area contributed by atoms with E-state index < -0.39 is 0 Å². The summed E-state index contributed by atoms with van der Waals surface area (Å²) in [4.78, 5) is 0. The molecule has 2 nitrogen and oxygen atoms in total. The largest absolute Gasteiger partial charge is 0.327 e. The summed E-state index contributed by atoms with van der Waals surface area (Å²) in [6.07, 6.45) is 2.39. The number of nitrogens with two attached hydrogens (primary N) is 1. The lowest BCUT2D eigenvalue weighted by Crippen LogP contribution is -2.58. The fourth-order valence-electron chi connectivity index (χ4n) is 1.56. The summed E-state index contributed by atoms with van der Waals surface area (Å²) in [6.45, 7) is 5.53. The van der Waals surface area contributed by atoms with Gasteiger partial charge in [-0.2, -0.15) is 0 Å². The monoisotopic (exact) mass is 142 g/mol. The molecule has 0 aromatic carbocycles. The highest BCUT2D eigenvalue weighted by Gasteiger charge is 2.30. The normalized spacial score (nSPS) is 35.1. The first-order chi connectivity index (χ1) is 4.75. The predicted molar refractivity (Wildman–Crippen MR) is 43.8 cm³/mol. The fourth-order valence-corrected chi connectivity index (χ4v) is 1.56. The lowest BCUT2D eigenvalue weighted by atomic mass is 9.84. The summed E-state index contributed by atoms with van der Waals surface area (Å²) in [6, 6.07) is 1.09. The molecule has 0 spiro atoms. The molecule has 1 aliphatic heterocycles. The lowest BCUT2D eigenvalue weighted by molar-refractivity contribution is 0.203. The van der Waals surface area contributed by atoms with Gasteiger partial charge in [-0.25, -0.2) is 0 Å². The van der Waals surface area contributed by atoms with Gasteiger partial charge in [0.2, 0.25) is 0 Å². The first-order valence-corrected chi connectivity index (χ1v) is 4.24. The zero-order chi connectivity index (χ0) is 7.56. The van der Waals surface area contributed by atoms with Crippen LogP contribution in [0.15, 0.2) is 0 Å². The van der Waals surface area contributed by atoms with E-state index in [2.05, 4.69) is 19.2 Å². The Kier molecular flexibility index (Phi) is 2.69. The van der Waals surface area contributed by atoms with E-state index in [1.54, 1.807) is 0 Å². The van der Waals surface area contributed by atoms with Crippen molar-refractivity contribution in [3.05, 3.63) is 0 Å². The van der Waals surface area contributed by atoms with E-state index in [1.165, 1.54) is 12.8 Å². The highest BCUT2D eigenvalue weighted by molar-refractivity contribution is 4.90. The Bertz CT molecular complexity index is 103.